The van der Waals surface area contributed by atoms with Crippen LogP contribution in [-0.4, -0.2) is 32.1 Å². The Morgan fingerprint density at radius 3 is 2.69 bits per heavy atom. The third-order valence-corrected chi connectivity index (χ3v) is 4.78. The molecule has 0 radical (unpaired) electrons. The summed E-state index contributed by atoms with van der Waals surface area (Å²) in [4.78, 5) is 4.80. The van der Waals surface area contributed by atoms with Crippen LogP contribution in [-0.2, 0) is 0 Å². The molecule has 3 heterocycles. The topological polar surface area (TPSA) is 77.8 Å². The van der Waals surface area contributed by atoms with E-state index in [2.05, 4.69) is 27.5 Å². The van der Waals surface area contributed by atoms with Gasteiger partial charge in [-0.25, -0.2) is 4.98 Å². The predicted octanol–water partition coefficient (Wildman–Crippen LogP) is 3.95. The zero-order valence-corrected chi connectivity index (χ0v) is 15.8. The van der Waals surface area contributed by atoms with Crippen LogP contribution in [0.3, 0.4) is 0 Å². The number of hydrogen-bond acceptors (Lipinski definition) is 7. The van der Waals surface area contributed by atoms with Gasteiger partial charge in [-0.15, -0.1) is 10.2 Å². The van der Waals surface area contributed by atoms with E-state index in [0.717, 1.165) is 49.7 Å². The Bertz CT molecular complexity index is 1100. The van der Waals surface area contributed by atoms with Crippen molar-refractivity contribution in [2.45, 2.75) is 20.8 Å². The molecule has 1 N–H and O–H groups in total. The van der Waals surface area contributed by atoms with Crippen molar-refractivity contribution in [3.8, 4) is 11.6 Å². The van der Waals surface area contributed by atoms with Crippen molar-refractivity contribution < 1.29 is 4.74 Å². The molecule has 0 atom stereocenters. The van der Waals surface area contributed by atoms with Gasteiger partial charge in [0.2, 0.25) is 5.13 Å². The number of aromatic nitrogens is 5. The van der Waals surface area contributed by atoms with E-state index in [0.29, 0.717) is 0 Å². The number of para-hydroxylation sites is 1. The van der Waals surface area contributed by atoms with Crippen molar-refractivity contribution in [3.05, 3.63) is 46.6 Å². The van der Waals surface area contributed by atoms with Crippen molar-refractivity contribution in [1.29, 1.82) is 0 Å². The van der Waals surface area contributed by atoms with E-state index >= 15 is 0 Å². The van der Waals surface area contributed by atoms with Crippen LogP contribution in [0.4, 0.5) is 10.9 Å². The third kappa shape index (κ3) is 2.88. The number of rotatable bonds is 4. The average molecular weight is 366 g/mol. The molecule has 7 nitrogen and oxygen atoms in total. The van der Waals surface area contributed by atoms with Gasteiger partial charge >= 0.3 is 0 Å². The Morgan fingerprint density at radius 1 is 1.12 bits per heavy atom. The third-order valence-electron chi connectivity index (χ3n) is 4.03. The molecule has 0 spiro atoms. The van der Waals surface area contributed by atoms with Crippen LogP contribution in [0.1, 0.15) is 16.3 Å². The summed E-state index contributed by atoms with van der Waals surface area (Å²) in [5, 5.41) is 18.7. The Labute approximate surface area is 154 Å². The molecule has 3 aromatic heterocycles. The Balaban J connectivity index is 1.85. The van der Waals surface area contributed by atoms with Gasteiger partial charge in [0.15, 0.2) is 5.82 Å². The van der Waals surface area contributed by atoms with Crippen LogP contribution in [0.25, 0.3) is 16.7 Å². The van der Waals surface area contributed by atoms with E-state index in [-0.39, 0.29) is 0 Å². The highest BCUT2D eigenvalue weighted by Crippen LogP contribution is 2.29. The van der Waals surface area contributed by atoms with E-state index in [4.69, 9.17) is 9.72 Å². The highest BCUT2D eigenvalue weighted by Gasteiger charge is 2.14. The number of aryl methyl sites for hydroxylation is 3. The smallest absolute Gasteiger partial charge is 0.211 e. The van der Waals surface area contributed by atoms with Gasteiger partial charge in [-0.05, 0) is 38.5 Å². The van der Waals surface area contributed by atoms with Crippen molar-refractivity contribution in [1.82, 2.24) is 25.0 Å². The van der Waals surface area contributed by atoms with Crippen molar-refractivity contribution >= 4 is 33.2 Å². The van der Waals surface area contributed by atoms with E-state index < -0.39 is 0 Å². The fourth-order valence-corrected chi connectivity index (χ4v) is 3.47. The number of fused-ring (bicyclic) bond motifs is 1. The minimum Gasteiger partial charge on any atom is -0.494 e. The van der Waals surface area contributed by atoms with Crippen LogP contribution in [0.15, 0.2) is 30.3 Å². The zero-order valence-electron chi connectivity index (χ0n) is 14.9. The van der Waals surface area contributed by atoms with E-state index in [1.165, 1.54) is 11.3 Å². The molecular weight excluding hydrogens is 348 g/mol. The van der Waals surface area contributed by atoms with Crippen molar-refractivity contribution in [2.24, 2.45) is 0 Å². The molecule has 26 heavy (non-hydrogen) atoms. The maximum atomic E-state index is 5.48. The number of anilines is 2. The van der Waals surface area contributed by atoms with Crippen LogP contribution in [0, 0.1) is 20.8 Å². The quantitative estimate of drug-likeness (QED) is 0.589. The van der Waals surface area contributed by atoms with Crippen LogP contribution in [0.2, 0.25) is 0 Å². The second-order valence-electron chi connectivity index (χ2n) is 5.99. The molecule has 8 heteroatoms. The number of hydrogen-bond donors (Lipinski definition) is 1. The monoisotopic (exact) mass is 366 g/mol. The molecule has 0 saturated carbocycles. The molecule has 0 aliphatic rings. The summed E-state index contributed by atoms with van der Waals surface area (Å²) in [5.74, 6) is 2.25. The summed E-state index contributed by atoms with van der Waals surface area (Å²) in [7, 11) is 1.65. The highest BCUT2D eigenvalue weighted by atomic mass is 32.1. The van der Waals surface area contributed by atoms with E-state index in [9.17, 15) is 0 Å². The maximum absolute atomic E-state index is 5.48. The lowest BCUT2D eigenvalue weighted by Crippen LogP contribution is -2.06. The largest absolute Gasteiger partial charge is 0.494 e. The number of pyridine rings is 1. The summed E-state index contributed by atoms with van der Waals surface area (Å²) in [6, 6.07) is 9.90. The van der Waals surface area contributed by atoms with Gasteiger partial charge in [-0.3, -0.25) is 0 Å². The molecule has 132 valence electrons. The van der Waals surface area contributed by atoms with Gasteiger partial charge in [-0.2, -0.15) is 9.78 Å². The molecule has 0 aliphatic heterocycles. The van der Waals surface area contributed by atoms with Gasteiger partial charge in [0.25, 0.3) is 0 Å². The predicted molar refractivity (Wildman–Crippen MR) is 103 cm³/mol. The standard InChI is InChI=1S/C18H18N6OS/c1-10-8-15(19-17-13(10)6-5-7-14(17)25-4)24-16(9-11(2)23-24)20-18-22-21-12(3)26-18/h5-9H,1-4H3,(H,20,22). The molecule has 4 aromatic rings. The van der Waals surface area contributed by atoms with E-state index in [1.807, 2.05) is 44.2 Å². The van der Waals surface area contributed by atoms with Crippen LogP contribution < -0.4 is 10.1 Å². The summed E-state index contributed by atoms with van der Waals surface area (Å²) in [5.41, 5.74) is 2.80. The van der Waals surface area contributed by atoms with Crippen LogP contribution in [0.5, 0.6) is 5.75 Å². The highest BCUT2D eigenvalue weighted by molar-refractivity contribution is 7.15. The lowest BCUT2D eigenvalue weighted by Gasteiger charge is -2.11. The molecule has 0 fully saturated rings. The van der Waals surface area contributed by atoms with Gasteiger partial charge in [0.05, 0.1) is 12.8 Å². The molecular formula is C18H18N6OS. The summed E-state index contributed by atoms with van der Waals surface area (Å²) in [6.45, 7) is 5.93. The molecule has 0 bridgehead atoms. The van der Waals surface area contributed by atoms with E-state index in [1.54, 1.807) is 11.8 Å². The number of methoxy groups -OCH3 is 1. The maximum Gasteiger partial charge on any atom is 0.211 e. The average Bonchev–Trinajstić information content (AvgIpc) is 3.20. The van der Waals surface area contributed by atoms with Gasteiger partial charge < -0.3 is 10.1 Å². The summed E-state index contributed by atoms with van der Waals surface area (Å²) < 4.78 is 7.27. The molecule has 0 aliphatic carbocycles. The van der Waals surface area contributed by atoms with Gasteiger partial charge in [0.1, 0.15) is 22.1 Å². The summed E-state index contributed by atoms with van der Waals surface area (Å²) in [6.07, 6.45) is 0. The number of benzene rings is 1. The Morgan fingerprint density at radius 2 is 1.96 bits per heavy atom. The van der Waals surface area contributed by atoms with Crippen molar-refractivity contribution in [3.63, 3.8) is 0 Å². The lowest BCUT2D eigenvalue weighted by atomic mass is 10.1. The first-order valence-corrected chi connectivity index (χ1v) is 8.95. The Kier molecular flexibility index (Phi) is 4.04. The molecule has 1 aromatic carbocycles. The first-order chi connectivity index (χ1) is 12.5. The first kappa shape index (κ1) is 16.5. The summed E-state index contributed by atoms with van der Waals surface area (Å²) >= 11 is 1.49. The fraction of sp³-hybridized carbons (Fsp3) is 0.222. The minimum absolute atomic E-state index is 0.719. The SMILES string of the molecule is COc1cccc2c(C)cc(-n3nc(C)cc3Nc3nnc(C)s3)nc12. The van der Waals surface area contributed by atoms with Crippen LogP contribution >= 0.6 is 11.3 Å². The molecule has 0 saturated heterocycles. The Hall–Kier alpha value is -3.00. The van der Waals surface area contributed by atoms with Crippen molar-refractivity contribution in [2.75, 3.05) is 12.4 Å². The number of ether oxygens (including phenoxy) is 1. The molecule has 0 amide bonds. The second kappa shape index (κ2) is 6.38. The van der Waals surface area contributed by atoms with Gasteiger partial charge in [-0.1, -0.05) is 23.5 Å². The zero-order chi connectivity index (χ0) is 18.3. The second-order valence-corrected chi connectivity index (χ2v) is 7.17. The number of nitrogens with zero attached hydrogens (tertiary/aromatic N) is 5. The molecule has 4 rings (SSSR count). The number of nitrogens with one attached hydrogen (secondary N) is 1. The van der Waals surface area contributed by atoms with Gasteiger partial charge in [0, 0.05) is 11.5 Å². The molecule has 0 unspecified atom stereocenters. The normalized spacial score (nSPS) is 11.1. The fourth-order valence-electron chi connectivity index (χ4n) is 2.87. The lowest BCUT2D eigenvalue weighted by molar-refractivity contribution is 0.419. The minimum atomic E-state index is 0.719. The first-order valence-electron chi connectivity index (χ1n) is 8.13.